The lowest BCUT2D eigenvalue weighted by Gasteiger charge is -2.21. The second kappa shape index (κ2) is 7.33. The van der Waals surface area contributed by atoms with E-state index in [-0.39, 0.29) is 23.7 Å². The van der Waals surface area contributed by atoms with Gasteiger partial charge < -0.3 is 10.2 Å². The molecular weight excluding hydrogens is 293 g/mol. The molecule has 0 radical (unpaired) electrons. The number of rotatable bonds is 6. The number of hydrogen-bond donors (Lipinski definition) is 1. The maximum absolute atomic E-state index is 12.8. The zero-order chi connectivity index (χ0) is 16.9. The molecule has 1 aromatic carbocycles. The molecule has 0 saturated carbocycles. The summed E-state index contributed by atoms with van der Waals surface area (Å²) in [5, 5.41) is 2.75. The van der Waals surface area contributed by atoms with Gasteiger partial charge in [-0.2, -0.15) is 13.2 Å². The van der Waals surface area contributed by atoms with Gasteiger partial charge in [-0.15, -0.1) is 0 Å². The van der Waals surface area contributed by atoms with Crippen LogP contribution < -0.4 is 5.32 Å². The van der Waals surface area contributed by atoms with Gasteiger partial charge in [0, 0.05) is 18.8 Å². The topological polar surface area (TPSA) is 32.3 Å². The van der Waals surface area contributed by atoms with Gasteiger partial charge in [-0.1, -0.05) is 18.2 Å². The van der Waals surface area contributed by atoms with Crippen LogP contribution in [-0.2, 0) is 11.0 Å². The van der Waals surface area contributed by atoms with E-state index in [1.807, 2.05) is 13.8 Å². The highest BCUT2D eigenvalue weighted by molar-refractivity contribution is 5.81. The van der Waals surface area contributed by atoms with Gasteiger partial charge in [0.2, 0.25) is 5.91 Å². The number of amides is 1. The normalized spacial score (nSPS) is 11.2. The first-order valence-electron chi connectivity index (χ1n) is 6.99. The van der Waals surface area contributed by atoms with E-state index in [0.717, 1.165) is 11.6 Å². The Kier molecular flexibility index (Phi) is 6.02. The number of carbonyl (C=O) groups excluding carboxylic acids is 1. The summed E-state index contributed by atoms with van der Waals surface area (Å²) >= 11 is 0. The van der Waals surface area contributed by atoms with Crippen molar-refractivity contribution in [3.05, 3.63) is 41.5 Å². The molecule has 0 saturated heterocycles. The van der Waals surface area contributed by atoms with Crippen molar-refractivity contribution < 1.29 is 18.0 Å². The van der Waals surface area contributed by atoms with Crippen LogP contribution in [-0.4, -0.2) is 30.4 Å². The molecule has 0 bridgehead atoms. The summed E-state index contributed by atoms with van der Waals surface area (Å²) < 4.78 is 38.5. The van der Waals surface area contributed by atoms with Crippen LogP contribution in [0.25, 0.3) is 0 Å². The van der Waals surface area contributed by atoms with Crippen LogP contribution in [0.3, 0.4) is 0 Å². The van der Waals surface area contributed by atoms with E-state index in [1.165, 1.54) is 19.1 Å². The Morgan fingerprint density at radius 1 is 1.36 bits per heavy atom. The molecule has 0 unspecified atom stereocenters. The highest BCUT2D eigenvalue weighted by Crippen LogP contribution is 2.33. The number of hydrogen-bond acceptors (Lipinski definition) is 2. The molecule has 1 aromatic rings. The Morgan fingerprint density at radius 2 is 2.00 bits per heavy atom. The number of nitrogens with zero attached hydrogens (tertiary/aromatic N) is 1. The first-order chi connectivity index (χ1) is 10.1. The van der Waals surface area contributed by atoms with Crippen LogP contribution in [0.4, 0.5) is 18.9 Å². The third-order valence-electron chi connectivity index (χ3n) is 3.18. The first kappa shape index (κ1) is 18.1. The van der Waals surface area contributed by atoms with Crippen LogP contribution in [0.2, 0.25) is 0 Å². The summed E-state index contributed by atoms with van der Waals surface area (Å²) in [6, 6.07) is 3.95. The molecule has 122 valence electrons. The van der Waals surface area contributed by atoms with E-state index in [1.54, 1.807) is 4.90 Å². The average Bonchev–Trinajstić information content (AvgIpc) is 2.42. The first-order valence-corrected chi connectivity index (χ1v) is 6.99. The minimum absolute atomic E-state index is 0.0541. The van der Waals surface area contributed by atoms with Gasteiger partial charge in [-0.3, -0.25) is 4.79 Å². The Labute approximate surface area is 128 Å². The summed E-state index contributed by atoms with van der Waals surface area (Å²) in [5.41, 5.74) is 0.587. The van der Waals surface area contributed by atoms with Crippen LogP contribution >= 0.6 is 0 Å². The van der Waals surface area contributed by atoms with Gasteiger partial charge in [0.05, 0.1) is 12.1 Å². The third kappa shape index (κ3) is 5.09. The average molecular weight is 314 g/mol. The Bertz CT molecular complexity index is 553. The number of likely N-dealkylation sites (N-methyl/N-ethyl adjacent to an activating group) is 1. The van der Waals surface area contributed by atoms with Crippen molar-refractivity contribution >= 4 is 11.6 Å². The summed E-state index contributed by atoms with van der Waals surface area (Å²) in [6.45, 7) is 9.73. The molecule has 0 aliphatic rings. The molecule has 1 amide bonds. The van der Waals surface area contributed by atoms with Gasteiger partial charge in [0.1, 0.15) is 0 Å². The molecule has 0 aromatic heterocycles. The number of carbonyl (C=O) groups is 1. The van der Waals surface area contributed by atoms with Crippen molar-refractivity contribution in [1.29, 1.82) is 0 Å². The van der Waals surface area contributed by atoms with E-state index in [4.69, 9.17) is 0 Å². The van der Waals surface area contributed by atoms with Crippen molar-refractivity contribution in [2.45, 2.75) is 26.9 Å². The predicted octanol–water partition coefficient (Wildman–Crippen LogP) is 3.85. The smallest absolute Gasteiger partial charge is 0.376 e. The quantitative estimate of drug-likeness (QED) is 0.809. The highest BCUT2D eigenvalue weighted by atomic mass is 19.4. The summed E-state index contributed by atoms with van der Waals surface area (Å²) in [7, 11) is 0. The molecule has 0 aliphatic carbocycles. The van der Waals surface area contributed by atoms with Crippen LogP contribution in [0.5, 0.6) is 0 Å². The second-order valence-corrected chi connectivity index (χ2v) is 5.25. The van der Waals surface area contributed by atoms with E-state index in [0.29, 0.717) is 13.1 Å². The minimum Gasteiger partial charge on any atom is -0.376 e. The van der Waals surface area contributed by atoms with Gasteiger partial charge in [0.15, 0.2) is 0 Å². The lowest BCUT2D eigenvalue weighted by Crippen LogP contribution is -2.36. The number of aryl methyl sites for hydroxylation is 1. The van der Waals surface area contributed by atoms with Crippen LogP contribution in [0.15, 0.2) is 30.4 Å². The van der Waals surface area contributed by atoms with Gasteiger partial charge in [-0.25, -0.2) is 0 Å². The number of halogens is 3. The van der Waals surface area contributed by atoms with Crippen molar-refractivity contribution in [2.75, 3.05) is 25.0 Å². The SMILES string of the molecule is C=C(C)CN(CC)C(=O)CNc1ccc(C)c(C(F)(F)F)c1. The summed E-state index contributed by atoms with van der Waals surface area (Å²) in [5.74, 6) is -0.181. The lowest BCUT2D eigenvalue weighted by atomic mass is 10.1. The molecule has 0 spiro atoms. The predicted molar refractivity (Wildman–Crippen MR) is 81.7 cm³/mol. The molecule has 6 heteroatoms. The van der Waals surface area contributed by atoms with Gasteiger partial charge in [0.25, 0.3) is 0 Å². The Morgan fingerprint density at radius 3 is 2.50 bits per heavy atom. The molecule has 1 N–H and O–H groups in total. The highest BCUT2D eigenvalue weighted by Gasteiger charge is 2.32. The second-order valence-electron chi connectivity index (χ2n) is 5.25. The minimum atomic E-state index is -4.40. The fourth-order valence-corrected chi connectivity index (χ4v) is 2.03. The molecular formula is C16H21F3N2O. The number of nitrogens with one attached hydrogen (secondary N) is 1. The van der Waals surface area contributed by atoms with E-state index in [9.17, 15) is 18.0 Å². The maximum atomic E-state index is 12.8. The van der Waals surface area contributed by atoms with Crippen molar-refractivity contribution in [3.63, 3.8) is 0 Å². The zero-order valence-corrected chi connectivity index (χ0v) is 13.0. The lowest BCUT2D eigenvalue weighted by molar-refractivity contribution is -0.138. The van der Waals surface area contributed by atoms with Crippen molar-refractivity contribution in [2.24, 2.45) is 0 Å². The fraction of sp³-hybridized carbons (Fsp3) is 0.438. The van der Waals surface area contributed by atoms with Crippen molar-refractivity contribution in [3.8, 4) is 0 Å². The molecule has 3 nitrogen and oxygen atoms in total. The molecule has 22 heavy (non-hydrogen) atoms. The van der Waals surface area contributed by atoms with Gasteiger partial charge >= 0.3 is 6.18 Å². The number of benzene rings is 1. The zero-order valence-electron chi connectivity index (χ0n) is 13.0. The monoisotopic (exact) mass is 314 g/mol. The molecule has 0 atom stereocenters. The van der Waals surface area contributed by atoms with E-state index >= 15 is 0 Å². The molecule has 1 rings (SSSR count). The van der Waals surface area contributed by atoms with Crippen LogP contribution in [0.1, 0.15) is 25.0 Å². The summed E-state index contributed by atoms with van der Waals surface area (Å²) in [6.07, 6.45) is -4.40. The third-order valence-corrected chi connectivity index (χ3v) is 3.18. The van der Waals surface area contributed by atoms with Crippen molar-refractivity contribution in [1.82, 2.24) is 4.90 Å². The van der Waals surface area contributed by atoms with E-state index < -0.39 is 11.7 Å². The molecule has 0 heterocycles. The largest absolute Gasteiger partial charge is 0.416 e. The summed E-state index contributed by atoms with van der Waals surface area (Å²) in [4.78, 5) is 13.6. The maximum Gasteiger partial charge on any atom is 0.416 e. The number of alkyl halides is 3. The Balaban J connectivity index is 2.76. The fourth-order valence-electron chi connectivity index (χ4n) is 2.03. The molecule has 0 aliphatic heterocycles. The Hall–Kier alpha value is -1.98. The van der Waals surface area contributed by atoms with Crippen LogP contribution in [0, 0.1) is 6.92 Å². The molecule has 0 fully saturated rings. The number of anilines is 1. The van der Waals surface area contributed by atoms with E-state index in [2.05, 4.69) is 11.9 Å². The standard InChI is InChI=1S/C16H21F3N2O/c1-5-21(10-11(2)3)15(22)9-20-13-7-6-12(4)14(8-13)16(17,18)19/h6-8,20H,2,5,9-10H2,1,3-4H3. The van der Waals surface area contributed by atoms with Gasteiger partial charge in [-0.05, 0) is 38.5 Å².